The molecule has 0 spiro atoms. The molecule has 0 bridgehead atoms. The molecule has 0 fully saturated rings. The molecular formula is C18H18ClFN4O3. The molecule has 0 radical (unpaired) electrons. The Kier molecular flexibility index (Phi) is 5.01. The third kappa shape index (κ3) is 4.00. The number of aromatic nitrogens is 4. The van der Waals surface area contributed by atoms with Crippen molar-refractivity contribution in [1.29, 1.82) is 0 Å². The van der Waals surface area contributed by atoms with E-state index in [1.807, 2.05) is 20.8 Å². The first-order valence-electron chi connectivity index (χ1n) is 8.18. The summed E-state index contributed by atoms with van der Waals surface area (Å²) in [5, 5.41) is 8.18. The molecule has 0 saturated heterocycles. The number of esters is 1. The highest BCUT2D eigenvalue weighted by atomic mass is 35.5. The summed E-state index contributed by atoms with van der Waals surface area (Å²) in [7, 11) is 0. The number of carbonyl (C=O) groups excluding carboxylic acids is 1. The number of nitrogens with zero attached hydrogens (tertiary/aromatic N) is 4. The standard InChI is InChI=1S/C18H18ClFN4O3/c1-10-14(15(19)24(22-10)12-7-5-11(20)6-8-12)16(25)26-9-13-21-17(23-27-13)18(2,3)4/h5-8H,9H2,1-4H3. The molecule has 0 saturated carbocycles. The van der Waals surface area contributed by atoms with E-state index in [9.17, 15) is 9.18 Å². The molecular weight excluding hydrogens is 375 g/mol. The fourth-order valence-corrected chi connectivity index (χ4v) is 2.65. The summed E-state index contributed by atoms with van der Waals surface area (Å²) in [6, 6.07) is 5.58. The number of carbonyl (C=O) groups is 1. The van der Waals surface area contributed by atoms with E-state index in [0.717, 1.165) is 0 Å². The van der Waals surface area contributed by atoms with Crippen molar-refractivity contribution in [3.05, 3.63) is 58.2 Å². The zero-order chi connectivity index (χ0) is 19.8. The van der Waals surface area contributed by atoms with Crippen molar-refractivity contribution in [2.75, 3.05) is 0 Å². The summed E-state index contributed by atoms with van der Waals surface area (Å²) in [5.41, 5.74) is 0.754. The summed E-state index contributed by atoms with van der Waals surface area (Å²) in [5.74, 6) is -0.339. The Morgan fingerprint density at radius 1 is 1.30 bits per heavy atom. The fourth-order valence-electron chi connectivity index (χ4n) is 2.30. The van der Waals surface area contributed by atoms with Crippen LogP contribution in [0.15, 0.2) is 28.8 Å². The highest BCUT2D eigenvalue weighted by Crippen LogP contribution is 2.25. The van der Waals surface area contributed by atoms with Crippen LogP contribution in [-0.2, 0) is 16.8 Å². The van der Waals surface area contributed by atoms with E-state index in [4.69, 9.17) is 20.9 Å². The van der Waals surface area contributed by atoms with Gasteiger partial charge < -0.3 is 9.26 Å². The number of ether oxygens (including phenoxy) is 1. The van der Waals surface area contributed by atoms with Gasteiger partial charge in [0.05, 0.1) is 11.4 Å². The number of hydrogen-bond acceptors (Lipinski definition) is 6. The SMILES string of the molecule is Cc1nn(-c2ccc(F)cc2)c(Cl)c1C(=O)OCc1nc(C(C)(C)C)no1. The lowest BCUT2D eigenvalue weighted by Gasteiger charge is -2.10. The van der Waals surface area contributed by atoms with Crippen molar-refractivity contribution >= 4 is 17.6 Å². The van der Waals surface area contributed by atoms with E-state index < -0.39 is 5.97 Å². The van der Waals surface area contributed by atoms with Crippen LogP contribution in [0.4, 0.5) is 4.39 Å². The molecule has 3 rings (SSSR count). The fraction of sp³-hybridized carbons (Fsp3) is 0.333. The number of halogens is 2. The highest BCUT2D eigenvalue weighted by molar-refractivity contribution is 6.33. The van der Waals surface area contributed by atoms with Crippen LogP contribution in [0.25, 0.3) is 5.69 Å². The van der Waals surface area contributed by atoms with Gasteiger partial charge in [0.25, 0.3) is 5.89 Å². The molecule has 2 heterocycles. The molecule has 0 N–H and O–H groups in total. The molecule has 27 heavy (non-hydrogen) atoms. The molecule has 9 heteroatoms. The predicted octanol–water partition coefficient (Wildman–Crippen LogP) is 4.01. The lowest BCUT2D eigenvalue weighted by molar-refractivity contribution is 0.0429. The zero-order valence-electron chi connectivity index (χ0n) is 15.3. The van der Waals surface area contributed by atoms with E-state index in [-0.39, 0.29) is 34.4 Å². The molecule has 0 aliphatic rings. The Morgan fingerprint density at radius 2 is 1.96 bits per heavy atom. The predicted molar refractivity (Wildman–Crippen MR) is 95.4 cm³/mol. The van der Waals surface area contributed by atoms with Crippen LogP contribution in [0, 0.1) is 12.7 Å². The van der Waals surface area contributed by atoms with E-state index in [1.54, 1.807) is 6.92 Å². The second-order valence-corrected chi connectivity index (χ2v) is 7.34. The zero-order valence-corrected chi connectivity index (χ0v) is 16.0. The third-order valence-corrected chi connectivity index (χ3v) is 4.09. The van der Waals surface area contributed by atoms with Crippen molar-refractivity contribution in [2.45, 2.75) is 39.7 Å². The third-order valence-electron chi connectivity index (χ3n) is 3.75. The first-order chi connectivity index (χ1) is 12.7. The number of benzene rings is 1. The van der Waals surface area contributed by atoms with Crippen LogP contribution in [0.2, 0.25) is 5.15 Å². The van der Waals surface area contributed by atoms with Crippen LogP contribution >= 0.6 is 11.6 Å². The number of rotatable bonds is 4. The van der Waals surface area contributed by atoms with Gasteiger partial charge in [0.1, 0.15) is 16.5 Å². The van der Waals surface area contributed by atoms with Gasteiger partial charge in [0.2, 0.25) is 0 Å². The van der Waals surface area contributed by atoms with Crippen molar-refractivity contribution in [3.8, 4) is 5.69 Å². The van der Waals surface area contributed by atoms with Gasteiger partial charge in [0.15, 0.2) is 12.4 Å². The quantitative estimate of drug-likeness (QED) is 0.624. The van der Waals surface area contributed by atoms with E-state index >= 15 is 0 Å². The van der Waals surface area contributed by atoms with Crippen molar-refractivity contribution in [2.24, 2.45) is 0 Å². The van der Waals surface area contributed by atoms with Crippen molar-refractivity contribution in [3.63, 3.8) is 0 Å². The van der Waals surface area contributed by atoms with E-state index in [1.165, 1.54) is 28.9 Å². The Labute approximate surface area is 160 Å². The molecule has 0 amide bonds. The molecule has 0 unspecified atom stereocenters. The Hall–Kier alpha value is -2.74. The minimum Gasteiger partial charge on any atom is -0.452 e. The van der Waals surface area contributed by atoms with Gasteiger partial charge in [0, 0.05) is 5.41 Å². The first kappa shape index (κ1) is 19.0. The molecule has 0 aliphatic carbocycles. The van der Waals surface area contributed by atoms with Gasteiger partial charge in [-0.15, -0.1) is 0 Å². The normalized spacial score (nSPS) is 11.6. The Balaban J connectivity index is 1.77. The summed E-state index contributed by atoms with van der Waals surface area (Å²) < 4.78 is 24.8. The lowest BCUT2D eigenvalue weighted by atomic mass is 9.96. The van der Waals surface area contributed by atoms with Crippen LogP contribution < -0.4 is 0 Å². The van der Waals surface area contributed by atoms with E-state index in [2.05, 4.69) is 15.2 Å². The van der Waals surface area contributed by atoms with Crippen LogP contribution in [0.1, 0.15) is 48.5 Å². The van der Waals surface area contributed by atoms with Crippen molar-refractivity contribution in [1.82, 2.24) is 19.9 Å². The maximum Gasteiger partial charge on any atom is 0.343 e. The van der Waals surface area contributed by atoms with Crippen LogP contribution in [0.3, 0.4) is 0 Å². The smallest absolute Gasteiger partial charge is 0.343 e. The maximum absolute atomic E-state index is 13.1. The minimum atomic E-state index is -0.665. The first-order valence-corrected chi connectivity index (χ1v) is 8.56. The minimum absolute atomic E-state index is 0.0741. The topological polar surface area (TPSA) is 83.0 Å². The summed E-state index contributed by atoms with van der Waals surface area (Å²) in [6.45, 7) is 7.29. The molecule has 142 valence electrons. The molecule has 0 aliphatic heterocycles. The van der Waals surface area contributed by atoms with Gasteiger partial charge in [-0.25, -0.2) is 13.9 Å². The molecule has 0 atom stereocenters. The number of hydrogen-bond donors (Lipinski definition) is 0. The summed E-state index contributed by atoms with van der Waals surface area (Å²) in [4.78, 5) is 16.7. The second kappa shape index (κ2) is 7.11. The monoisotopic (exact) mass is 392 g/mol. The van der Waals surface area contributed by atoms with E-state index in [0.29, 0.717) is 17.2 Å². The molecule has 2 aromatic heterocycles. The van der Waals surface area contributed by atoms with Gasteiger partial charge in [-0.3, -0.25) is 0 Å². The Bertz CT molecular complexity index is 974. The Morgan fingerprint density at radius 3 is 2.56 bits per heavy atom. The summed E-state index contributed by atoms with van der Waals surface area (Å²) in [6.07, 6.45) is 0. The van der Waals surface area contributed by atoms with Gasteiger partial charge in [-0.1, -0.05) is 37.5 Å². The van der Waals surface area contributed by atoms with Gasteiger partial charge in [-0.05, 0) is 31.2 Å². The summed E-state index contributed by atoms with van der Waals surface area (Å²) >= 11 is 6.30. The van der Waals surface area contributed by atoms with Crippen molar-refractivity contribution < 1.29 is 18.4 Å². The maximum atomic E-state index is 13.1. The molecule has 3 aromatic rings. The average Bonchev–Trinajstić information content (AvgIpc) is 3.18. The van der Waals surface area contributed by atoms with Crippen LogP contribution in [-0.4, -0.2) is 25.9 Å². The van der Waals surface area contributed by atoms with Gasteiger partial charge >= 0.3 is 5.97 Å². The van der Waals surface area contributed by atoms with Crippen LogP contribution in [0.5, 0.6) is 0 Å². The lowest BCUT2D eigenvalue weighted by Crippen LogP contribution is -2.13. The average molecular weight is 393 g/mol. The second-order valence-electron chi connectivity index (χ2n) is 6.98. The molecule has 7 nitrogen and oxygen atoms in total. The molecule has 1 aromatic carbocycles. The van der Waals surface area contributed by atoms with Gasteiger partial charge in [-0.2, -0.15) is 10.1 Å². The number of aryl methyl sites for hydroxylation is 1. The highest BCUT2D eigenvalue weighted by Gasteiger charge is 2.24. The largest absolute Gasteiger partial charge is 0.452 e.